The molecule has 5 heteroatoms. The van der Waals surface area contributed by atoms with Gasteiger partial charge in [0.05, 0.1) is 12.2 Å². The van der Waals surface area contributed by atoms with Gasteiger partial charge < -0.3 is 9.64 Å². The van der Waals surface area contributed by atoms with E-state index in [4.69, 9.17) is 4.74 Å². The Balaban J connectivity index is 1.95. The number of aryl methyl sites for hydroxylation is 1. The fourth-order valence-electron chi connectivity index (χ4n) is 2.29. The lowest BCUT2D eigenvalue weighted by Gasteiger charge is -2.22. The molecule has 1 aromatic carbocycles. The summed E-state index contributed by atoms with van der Waals surface area (Å²) in [6, 6.07) is 7.95. The van der Waals surface area contributed by atoms with E-state index in [2.05, 4.69) is 18.8 Å². The molecule has 0 bridgehead atoms. The fraction of sp³-hybridized carbons (Fsp3) is 0.444. The highest BCUT2D eigenvalue weighted by atomic mass is 32.1. The van der Waals surface area contributed by atoms with Gasteiger partial charge in [-0.3, -0.25) is 4.79 Å². The number of aromatic nitrogens is 1. The standard InChI is InChI=1S/C18H24N2O2S/c1-13(2)9-20(15(4)21)10-16-12-23-18(19-16)11-22-17-8-6-5-7-14(17)3/h5-8,12-13H,9-11H2,1-4H3. The first-order chi connectivity index (χ1) is 11.0. The average Bonchev–Trinajstić information content (AvgIpc) is 2.93. The molecule has 0 fully saturated rings. The quantitative estimate of drug-likeness (QED) is 0.768. The minimum absolute atomic E-state index is 0.0874. The van der Waals surface area contributed by atoms with Crippen molar-refractivity contribution in [3.63, 3.8) is 0 Å². The lowest BCUT2D eigenvalue weighted by molar-refractivity contribution is -0.130. The molecule has 0 radical (unpaired) electrons. The van der Waals surface area contributed by atoms with Crippen LogP contribution in [0.1, 0.15) is 37.0 Å². The second kappa shape index (κ2) is 8.11. The summed E-state index contributed by atoms with van der Waals surface area (Å²) in [5, 5.41) is 2.93. The van der Waals surface area contributed by atoms with Crippen molar-refractivity contribution in [2.24, 2.45) is 5.92 Å². The molecule has 0 atom stereocenters. The first-order valence-electron chi connectivity index (χ1n) is 7.83. The van der Waals surface area contributed by atoms with E-state index in [1.54, 1.807) is 18.3 Å². The molecular weight excluding hydrogens is 308 g/mol. The normalized spacial score (nSPS) is 10.8. The molecule has 0 saturated carbocycles. The van der Waals surface area contributed by atoms with Crippen LogP contribution in [0.2, 0.25) is 0 Å². The van der Waals surface area contributed by atoms with Crippen LogP contribution in [0.15, 0.2) is 29.6 Å². The highest BCUT2D eigenvalue weighted by Crippen LogP contribution is 2.19. The van der Waals surface area contributed by atoms with Gasteiger partial charge in [0.15, 0.2) is 0 Å². The van der Waals surface area contributed by atoms with E-state index in [0.717, 1.165) is 28.6 Å². The monoisotopic (exact) mass is 332 g/mol. The van der Waals surface area contributed by atoms with Crippen molar-refractivity contribution in [2.75, 3.05) is 6.54 Å². The van der Waals surface area contributed by atoms with E-state index in [-0.39, 0.29) is 5.91 Å². The van der Waals surface area contributed by atoms with Crippen LogP contribution in [0.3, 0.4) is 0 Å². The van der Waals surface area contributed by atoms with Crippen LogP contribution in [0.5, 0.6) is 5.75 Å². The maximum atomic E-state index is 11.7. The van der Waals surface area contributed by atoms with Gasteiger partial charge >= 0.3 is 0 Å². The third-order valence-electron chi connectivity index (χ3n) is 3.43. The maximum Gasteiger partial charge on any atom is 0.219 e. The molecule has 2 aromatic rings. The molecule has 1 amide bonds. The van der Waals surface area contributed by atoms with Crippen molar-refractivity contribution in [3.05, 3.63) is 45.9 Å². The van der Waals surface area contributed by atoms with Crippen LogP contribution in [-0.4, -0.2) is 22.3 Å². The summed E-state index contributed by atoms with van der Waals surface area (Å²) < 4.78 is 5.82. The van der Waals surface area contributed by atoms with E-state index in [1.807, 2.05) is 41.5 Å². The summed E-state index contributed by atoms with van der Waals surface area (Å²) >= 11 is 1.57. The summed E-state index contributed by atoms with van der Waals surface area (Å²) in [6.45, 7) is 9.63. The summed E-state index contributed by atoms with van der Waals surface area (Å²) in [4.78, 5) is 18.1. The van der Waals surface area contributed by atoms with Crippen LogP contribution in [0, 0.1) is 12.8 Å². The highest BCUT2D eigenvalue weighted by Gasteiger charge is 2.13. The van der Waals surface area contributed by atoms with Gasteiger partial charge in [0.25, 0.3) is 0 Å². The molecule has 23 heavy (non-hydrogen) atoms. The Morgan fingerprint density at radius 3 is 2.74 bits per heavy atom. The SMILES string of the molecule is CC(=O)N(Cc1csc(COc2ccccc2C)n1)CC(C)C. The number of para-hydroxylation sites is 1. The van der Waals surface area contributed by atoms with E-state index >= 15 is 0 Å². The van der Waals surface area contributed by atoms with Gasteiger partial charge in [0.2, 0.25) is 5.91 Å². The molecule has 0 N–H and O–H groups in total. The van der Waals surface area contributed by atoms with Crippen molar-refractivity contribution in [1.82, 2.24) is 9.88 Å². The number of carbonyl (C=O) groups is 1. The van der Waals surface area contributed by atoms with E-state index in [0.29, 0.717) is 19.1 Å². The van der Waals surface area contributed by atoms with Crippen molar-refractivity contribution in [3.8, 4) is 5.75 Å². The predicted molar refractivity (Wildman–Crippen MR) is 93.6 cm³/mol. The number of benzene rings is 1. The second-order valence-electron chi connectivity index (χ2n) is 6.08. The molecule has 2 rings (SSSR count). The number of carbonyl (C=O) groups excluding carboxylic acids is 1. The Hall–Kier alpha value is -1.88. The topological polar surface area (TPSA) is 42.4 Å². The Bertz CT molecular complexity index is 652. The molecule has 0 spiro atoms. The molecule has 0 aliphatic rings. The second-order valence-corrected chi connectivity index (χ2v) is 7.02. The molecule has 1 aromatic heterocycles. The first kappa shape index (κ1) is 17.5. The maximum absolute atomic E-state index is 11.7. The van der Waals surface area contributed by atoms with Gasteiger partial charge in [0, 0.05) is 18.8 Å². The van der Waals surface area contributed by atoms with Crippen molar-refractivity contribution in [1.29, 1.82) is 0 Å². The van der Waals surface area contributed by atoms with Crippen molar-refractivity contribution in [2.45, 2.75) is 40.8 Å². The first-order valence-corrected chi connectivity index (χ1v) is 8.71. The summed E-state index contributed by atoms with van der Waals surface area (Å²) in [5.74, 6) is 1.42. The lowest BCUT2D eigenvalue weighted by atomic mass is 10.2. The molecular formula is C18H24N2O2S. The van der Waals surface area contributed by atoms with Gasteiger partial charge in [-0.15, -0.1) is 11.3 Å². The molecule has 0 unspecified atom stereocenters. The van der Waals surface area contributed by atoms with E-state index < -0.39 is 0 Å². The Morgan fingerprint density at radius 1 is 1.35 bits per heavy atom. The minimum Gasteiger partial charge on any atom is -0.486 e. The van der Waals surface area contributed by atoms with Gasteiger partial charge in [-0.25, -0.2) is 4.98 Å². The lowest BCUT2D eigenvalue weighted by Crippen LogP contribution is -2.31. The highest BCUT2D eigenvalue weighted by molar-refractivity contribution is 7.09. The van der Waals surface area contributed by atoms with Crippen LogP contribution >= 0.6 is 11.3 Å². The number of ether oxygens (including phenoxy) is 1. The molecule has 4 nitrogen and oxygen atoms in total. The van der Waals surface area contributed by atoms with Gasteiger partial charge in [-0.2, -0.15) is 0 Å². The van der Waals surface area contributed by atoms with Crippen LogP contribution in [-0.2, 0) is 17.9 Å². The fourth-order valence-corrected chi connectivity index (χ4v) is 2.98. The molecule has 0 saturated heterocycles. The minimum atomic E-state index is 0.0874. The number of hydrogen-bond donors (Lipinski definition) is 0. The largest absolute Gasteiger partial charge is 0.486 e. The Kier molecular flexibility index (Phi) is 6.16. The van der Waals surface area contributed by atoms with E-state index in [9.17, 15) is 4.79 Å². The number of nitrogens with zero attached hydrogens (tertiary/aromatic N) is 2. The summed E-state index contributed by atoms with van der Waals surface area (Å²) in [5.41, 5.74) is 2.04. The van der Waals surface area contributed by atoms with Gasteiger partial charge in [0.1, 0.15) is 17.4 Å². The molecule has 1 heterocycles. The third kappa shape index (κ3) is 5.36. The zero-order valence-corrected chi connectivity index (χ0v) is 15.0. The smallest absolute Gasteiger partial charge is 0.219 e. The van der Waals surface area contributed by atoms with Crippen LogP contribution < -0.4 is 4.74 Å². The van der Waals surface area contributed by atoms with Crippen LogP contribution in [0.25, 0.3) is 0 Å². The molecule has 0 aliphatic carbocycles. The Labute approximate surface area is 142 Å². The number of amides is 1. The average molecular weight is 332 g/mol. The Morgan fingerprint density at radius 2 is 2.09 bits per heavy atom. The third-order valence-corrected chi connectivity index (χ3v) is 4.30. The van der Waals surface area contributed by atoms with Gasteiger partial charge in [-0.05, 0) is 24.5 Å². The van der Waals surface area contributed by atoms with Crippen LogP contribution in [0.4, 0.5) is 0 Å². The number of rotatable bonds is 7. The number of hydrogen-bond acceptors (Lipinski definition) is 4. The van der Waals surface area contributed by atoms with Gasteiger partial charge in [-0.1, -0.05) is 32.0 Å². The molecule has 0 aliphatic heterocycles. The zero-order valence-electron chi connectivity index (χ0n) is 14.2. The van der Waals surface area contributed by atoms with E-state index in [1.165, 1.54) is 0 Å². The molecule has 124 valence electrons. The van der Waals surface area contributed by atoms with Crippen molar-refractivity contribution < 1.29 is 9.53 Å². The van der Waals surface area contributed by atoms with Crippen molar-refractivity contribution >= 4 is 17.2 Å². The predicted octanol–water partition coefficient (Wildman–Crippen LogP) is 4.04. The zero-order chi connectivity index (χ0) is 16.8. The summed E-state index contributed by atoms with van der Waals surface area (Å²) in [7, 11) is 0. The summed E-state index contributed by atoms with van der Waals surface area (Å²) in [6.07, 6.45) is 0. The number of thiazole rings is 1.